The molecule has 0 saturated heterocycles. The van der Waals surface area contributed by atoms with Crippen LogP contribution in [0.5, 0.6) is 0 Å². The monoisotopic (exact) mass is 322 g/mol. The molecule has 0 atom stereocenters. The quantitative estimate of drug-likeness (QED) is 0.578. The third-order valence-corrected chi connectivity index (χ3v) is 4.01. The van der Waals surface area contributed by atoms with E-state index in [1.54, 1.807) is 18.2 Å². The summed E-state index contributed by atoms with van der Waals surface area (Å²) in [7, 11) is 0. The van der Waals surface area contributed by atoms with Gasteiger partial charge in [0.1, 0.15) is 0 Å². The number of carboxylic acid groups (broad SMARTS) is 1. The van der Waals surface area contributed by atoms with Crippen LogP contribution >= 0.6 is 0 Å². The number of hydrogen-bond acceptors (Lipinski definition) is 4. The third kappa shape index (κ3) is 2.69. The van der Waals surface area contributed by atoms with Gasteiger partial charge < -0.3 is 5.11 Å². The first-order valence-corrected chi connectivity index (χ1v) is 7.27. The molecule has 1 aromatic heterocycles. The number of pyridine rings is 1. The number of carboxylic acids is 1. The van der Waals surface area contributed by atoms with Crippen LogP contribution in [0, 0.1) is 24.0 Å². The van der Waals surface area contributed by atoms with Gasteiger partial charge in [-0.1, -0.05) is 12.1 Å². The predicted octanol–water partition coefficient (Wildman–Crippen LogP) is 4.13. The van der Waals surface area contributed by atoms with E-state index in [9.17, 15) is 20.0 Å². The number of aromatic nitrogens is 1. The number of fused-ring (bicyclic) bond motifs is 1. The Morgan fingerprint density at radius 2 is 1.83 bits per heavy atom. The number of carbonyl (C=O) groups is 1. The number of nitro groups is 1. The SMILES string of the molecule is Cc1cc2nc(-c3cccc([N+](=O)[O-])c3)cc(C(=O)O)c2cc1C. The Balaban J connectivity index is 2.30. The molecule has 0 fully saturated rings. The Bertz CT molecular complexity index is 996. The van der Waals surface area contributed by atoms with Crippen molar-refractivity contribution in [3.8, 4) is 11.3 Å². The maximum atomic E-state index is 11.6. The van der Waals surface area contributed by atoms with Crippen molar-refractivity contribution >= 4 is 22.6 Å². The number of nitrogens with zero attached hydrogens (tertiary/aromatic N) is 2. The van der Waals surface area contributed by atoms with Crippen LogP contribution in [-0.2, 0) is 0 Å². The number of aromatic carboxylic acids is 1. The molecule has 0 saturated carbocycles. The molecule has 24 heavy (non-hydrogen) atoms. The molecule has 120 valence electrons. The first-order valence-electron chi connectivity index (χ1n) is 7.27. The number of nitro benzene ring substituents is 1. The van der Waals surface area contributed by atoms with E-state index < -0.39 is 10.9 Å². The van der Waals surface area contributed by atoms with Crippen LogP contribution in [0.25, 0.3) is 22.2 Å². The third-order valence-electron chi connectivity index (χ3n) is 4.01. The second-order valence-electron chi connectivity index (χ2n) is 5.62. The summed E-state index contributed by atoms with van der Waals surface area (Å²) in [5.74, 6) is -1.06. The fourth-order valence-corrected chi connectivity index (χ4v) is 2.59. The molecule has 0 amide bonds. The van der Waals surface area contributed by atoms with Gasteiger partial charge in [-0.25, -0.2) is 9.78 Å². The highest BCUT2D eigenvalue weighted by Gasteiger charge is 2.15. The van der Waals surface area contributed by atoms with Crippen LogP contribution in [0.2, 0.25) is 0 Å². The molecule has 6 nitrogen and oxygen atoms in total. The molecule has 3 rings (SSSR count). The maximum absolute atomic E-state index is 11.6. The number of non-ortho nitro benzene ring substituents is 1. The van der Waals surface area contributed by atoms with Crippen LogP contribution in [0.3, 0.4) is 0 Å². The molecular weight excluding hydrogens is 308 g/mol. The predicted molar refractivity (Wildman–Crippen MR) is 90.3 cm³/mol. The smallest absolute Gasteiger partial charge is 0.336 e. The topological polar surface area (TPSA) is 93.3 Å². The maximum Gasteiger partial charge on any atom is 0.336 e. The minimum Gasteiger partial charge on any atom is -0.478 e. The standard InChI is InChI=1S/C18H14N2O4/c1-10-6-14-15(18(21)22)9-16(19-17(14)7-11(10)2)12-4-3-5-13(8-12)20(23)24/h3-9H,1-2H3,(H,21,22). The van der Waals surface area contributed by atoms with Crippen molar-refractivity contribution in [2.24, 2.45) is 0 Å². The van der Waals surface area contributed by atoms with Gasteiger partial charge in [-0.05, 0) is 43.2 Å². The molecule has 0 bridgehead atoms. The largest absolute Gasteiger partial charge is 0.478 e. The summed E-state index contributed by atoms with van der Waals surface area (Å²) in [6.07, 6.45) is 0. The van der Waals surface area contributed by atoms with Gasteiger partial charge in [-0.15, -0.1) is 0 Å². The van der Waals surface area contributed by atoms with Crippen molar-refractivity contribution in [2.45, 2.75) is 13.8 Å². The minimum absolute atomic E-state index is 0.0636. The zero-order chi connectivity index (χ0) is 17.4. The molecule has 0 radical (unpaired) electrons. The highest BCUT2D eigenvalue weighted by atomic mass is 16.6. The van der Waals surface area contributed by atoms with Gasteiger partial charge in [-0.2, -0.15) is 0 Å². The van der Waals surface area contributed by atoms with E-state index in [0.717, 1.165) is 11.1 Å². The summed E-state index contributed by atoms with van der Waals surface area (Å²) >= 11 is 0. The van der Waals surface area contributed by atoms with Crippen molar-refractivity contribution in [1.29, 1.82) is 0 Å². The Hall–Kier alpha value is -3.28. The molecule has 0 aliphatic heterocycles. The van der Waals surface area contributed by atoms with Gasteiger partial charge in [0.15, 0.2) is 0 Å². The average molecular weight is 322 g/mol. The molecule has 0 aliphatic rings. The van der Waals surface area contributed by atoms with E-state index in [-0.39, 0.29) is 11.3 Å². The molecular formula is C18H14N2O4. The summed E-state index contributed by atoms with van der Waals surface area (Å²) < 4.78 is 0. The minimum atomic E-state index is -1.06. The first kappa shape index (κ1) is 15.6. The number of rotatable bonds is 3. The van der Waals surface area contributed by atoms with Gasteiger partial charge in [0, 0.05) is 23.1 Å². The summed E-state index contributed by atoms with van der Waals surface area (Å²) in [5.41, 5.74) is 3.51. The van der Waals surface area contributed by atoms with Gasteiger partial charge in [0.25, 0.3) is 5.69 Å². The summed E-state index contributed by atoms with van der Waals surface area (Å²) in [6.45, 7) is 3.84. The second kappa shape index (κ2) is 5.73. The fourth-order valence-electron chi connectivity index (χ4n) is 2.59. The van der Waals surface area contributed by atoms with Crippen LogP contribution < -0.4 is 0 Å². The van der Waals surface area contributed by atoms with Gasteiger partial charge in [0.05, 0.1) is 21.7 Å². The highest BCUT2D eigenvalue weighted by molar-refractivity contribution is 6.04. The van der Waals surface area contributed by atoms with E-state index in [1.165, 1.54) is 18.2 Å². The summed E-state index contributed by atoms with van der Waals surface area (Å²) in [6, 6.07) is 11.1. The summed E-state index contributed by atoms with van der Waals surface area (Å²) in [4.78, 5) is 26.6. The average Bonchev–Trinajstić information content (AvgIpc) is 2.55. The van der Waals surface area contributed by atoms with E-state index in [0.29, 0.717) is 22.2 Å². The van der Waals surface area contributed by atoms with E-state index in [2.05, 4.69) is 4.98 Å². The molecule has 1 N–H and O–H groups in total. The number of benzene rings is 2. The number of aryl methyl sites for hydroxylation is 2. The molecule has 0 unspecified atom stereocenters. The lowest BCUT2D eigenvalue weighted by molar-refractivity contribution is -0.384. The summed E-state index contributed by atoms with van der Waals surface area (Å²) in [5, 5.41) is 21.0. The van der Waals surface area contributed by atoms with Gasteiger partial charge in [0.2, 0.25) is 0 Å². The zero-order valence-electron chi connectivity index (χ0n) is 13.1. The van der Waals surface area contributed by atoms with Crippen molar-refractivity contribution in [2.75, 3.05) is 0 Å². The Kier molecular flexibility index (Phi) is 3.73. The first-order chi connectivity index (χ1) is 11.4. The number of hydrogen-bond donors (Lipinski definition) is 1. The van der Waals surface area contributed by atoms with Crippen LogP contribution in [-0.4, -0.2) is 21.0 Å². The van der Waals surface area contributed by atoms with Crippen molar-refractivity contribution < 1.29 is 14.8 Å². The van der Waals surface area contributed by atoms with Crippen LogP contribution in [0.15, 0.2) is 42.5 Å². The van der Waals surface area contributed by atoms with Crippen molar-refractivity contribution in [3.05, 3.63) is 69.3 Å². The molecule has 6 heteroatoms. The van der Waals surface area contributed by atoms with E-state index >= 15 is 0 Å². The van der Waals surface area contributed by atoms with Crippen LogP contribution in [0.1, 0.15) is 21.5 Å². The fraction of sp³-hybridized carbons (Fsp3) is 0.111. The molecule has 0 spiro atoms. The van der Waals surface area contributed by atoms with Crippen molar-refractivity contribution in [3.63, 3.8) is 0 Å². The van der Waals surface area contributed by atoms with E-state index in [1.807, 2.05) is 19.9 Å². The molecule has 0 aliphatic carbocycles. The molecule has 2 aromatic carbocycles. The van der Waals surface area contributed by atoms with Gasteiger partial charge >= 0.3 is 5.97 Å². The molecule has 1 heterocycles. The van der Waals surface area contributed by atoms with Gasteiger partial charge in [-0.3, -0.25) is 10.1 Å². The lowest BCUT2D eigenvalue weighted by Crippen LogP contribution is -2.01. The van der Waals surface area contributed by atoms with Crippen LogP contribution in [0.4, 0.5) is 5.69 Å². The lowest BCUT2D eigenvalue weighted by Gasteiger charge is -2.09. The van der Waals surface area contributed by atoms with Crippen molar-refractivity contribution in [1.82, 2.24) is 4.98 Å². The Morgan fingerprint density at radius 1 is 1.12 bits per heavy atom. The normalized spacial score (nSPS) is 10.8. The zero-order valence-corrected chi connectivity index (χ0v) is 13.1. The van der Waals surface area contributed by atoms with E-state index in [4.69, 9.17) is 0 Å². The second-order valence-corrected chi connectivity index (χ2v) is 5.62. The molecule has 3 aromatic rings. The highest BCUT2D eigenvalue weighted by Crippen LogP contribution is 2.28. The Labute approximate surface area is 137 Å². The lowest BCUT2D eigenvalue weighted by atomic mass is 10.00. The Morgan fingerprint density at radius 3 is 2.50 bits per heavy atom.